The average molecular weight is 317 g/mol. The van der Waals surface area contributed by atoms with Crippen LogP contribution in [0.15, 0.2) is 36.7 Å². The van der Waals surface area contributed by atoms with Crippen molar-refractivity contribution < 1.29 is 9.13 Å². The van der Waals surface area contributed by atoms with Gasteiger partial charge in [0.2, 0.25) is 0 Å². The van der Waals surface area contributed by atoms with Gasteiger partial charge >= 0.3 is 0 Å². The monoisotopic (exact) mass is 317 g/mol. The lowest BCUT2D eigenvalue weighted by molar-refractivity contribution is 0.123. The van der Waals surface area contributed by atoms with Crippen LogP contribution in [0.5, 0.6) is 5.75 Å². The molecule has 2 aromatic rings. The number of para-hydroxylation sites is 1. The molecule has 0 bridgehead atoms. The number of ether oxygens (including phenoxy) is 1. The normalized spacial score (nSPS) is 19.0. The van der Waals surface area contributed by atoms with E-state index in [1.807, 2.05) is 10.9 Å². The van der Waals surface area contributed by atoms with Crippen LogP contribution in [0.1, 0.15) is 25.3 Å². The van der Waals surface area contributed by atoms with Gasteiger partial charge in [0.25, 0.3) is 0 Å². The maximum absolute atomic E-state index is 13.6. The first-order chi connectivity index (χ1) is 11.2. The summed E-state index contributed by atoms with van der Waals surface area (Å²) in [4.78, 5) is 2.44. The van der Waals surface area contributed by atoms with E-state index in [0.29, 0.717) is 18.3 Å². The maximum atomic E-state index is 13.6. The molecule has 0 saturated carbocycles. The van der Waals surface area contributed by atoms with E-state index in [-0.39, 0.29) is 5.82 Å². The van der Waals surface area contributed by atoms with Gasteiger partial charge in [0.15, 0.2) is 11.6 Å². The van der Waals surface area contributed by atoms with Crippen LogP contribution in [0.25, 0.3) is 0 Å². The molecule has 1 fully saturated rings. The molecule has 5 heteroatoms. The lowest BCUT2D eigenvalue weighted by atomic mass is 9.98. The molecule has 0 unspecified atom stereocenters. The zero-order chi connectivity index (χ0) is 16.1. The van der Waals surface area contributed by atoms with Crippen LogP contribution in [0.2, 0.25) is 0 Å². The Bertz CT molecular complexity index is 628. The number of benzene rings is 1. The molecule has 3 rings (SSSR count). The van der Waals surface area contributed by atoms with Gasteiger partial charge in [-0.2, -0.15) is 5.10 Å². The summed E-state index contributed by atoms with van der Waals surface area (Å²) in [6, 6.07) is 6.61. The Balaban J connectivity index is 1.51. The summed E-state index contributed by atoms with van der Waals surface area (Å²) in [5.74, 6) is 0.519. The van der Waals surface area contributed by atoms with Crippen molar-refractivity contribution in [3.8, 4) is 5.75 Å². The van der Waals surface area contributed by atoms with Crippen molar-refractivity contribution in [2.75, 3.05) is 19.7 Å². The summed E-state index contributed by atoms with van der Waals surface area (Å²) in [5, 5.41) is 4.33. The first kappa shape index (κ1) is 16.0. The van der Waals surface area contributed by atoms with Gasteiger partial charge < -0.3 is 4.74 Å². The van der Waals surface area contributed by atoms with Gasteiger partial charge in [-0.25, -0.2) is 4.39 Å². The Labute approximate surface area is 136 Å². The van der Waals surface area contributed by atoms with E-state index in [0.717, 1.165) is 39.0 Å². The van der Waals surface area contributed by atoms with Crippen molar-refractivity contribution in [2.45, 2.75) is 32.9 Å². The van der Waals surface area contributed by atoms with Gasteiger partial charge in [-0.3, -0.25) is 9.58 Å². The second-order valence-corrected chi connectivity index (χ2v) is 6.19. The molecule has 0 amide bonds. The zero-order valence-corrected chi connectivity index (χ0v) is 13.6. The number of hydrogen-bond donors (Lipinski definition) is 0. The summed E-state index contributed by atoms with van der Waals surface area (Å²) >= 11 is 0. The molecule has 1 aliphatic heterocycles. The first-order valence-corrected chi connectivity index (χ1v) is 8.35. The molecule has 23 heavy (non-hydrogen) atoms. The third kappa shape index (κ3) is 4.32. The van der Waals surface area contributed by atoms with E-state index < -0.39 is 0 Å². The Morgan fingerprint density at radius 3 is 3.00 bits per heavy atom. The molecular formula is C18H24FN3O. The van der Waals surface area contributed by atoms with E-state index in [4.69, 9.17) is 4.74 Å². The molecule has 1 aromatic heterocycles. The molecule has 2 heterocycles. The van der Waals surface area contributed by atoms with Crippen molar-refractivity contribution >= 4 is 0 Å². The summed E-state index contributed by atoms with van der Waals surface area (Å²) in [5.41, 5.74) is 1.25. The number of nitrogens with zero attached hydrogens (tertiary/aromatic N) is 3. The van der Waals surface area contributed by atoms with Crippen LogP contribution in [-0.4, -0.2) is 34.4 Å². The largest absolute Gasteiger partial charge is 0.490 e. The lowest BCUT2D eigenvalue weighted by Gasteiger charge is -2.32. The van der Waals surface area contributed by atoms with Crippen molar-refractivity contribution in [3.63, 3.8) is 0 Å². The minimum atomic E-state index is -0.285. The minimum absolute atomic E-state index is 0.285. The van der Waals surface area contributed by atoms with E-state index >= 15 is 0 Å². The number of hydrogen-bond acceptors (Lipinski definition) is 3. The van der Waals surface area contributed by atoms with Crippen molar-refractivity contribution in [1.29, 1.82) is 0 Å². The molecule has 0 spiro atoms. The number of aromatic nitrogens is 2. The predicted octanol–water partition coefficient (Wildman–Crippen LogP) is 3.33. The Morgan fingerprint density at radius 2 is 2.22 bits per heavy atom. The third-order valence-corrected chi connectivity index (χ3v) is 4.33. The number of piperidine rings is 1. The Morgan fingerprint density at radius 1 is 1.35 bits per heavy atom. The molecule has 0 radical (unpaired) electrons. The van der Waals surface area contributed by atoms with Gasteiger partial charge in [0, 0.05) is 37.3 Å². The van der Waals surface area contributed by atoms with Gasteiger partial charge in [-0.1, -0.05) is 12.1 Å². The summed E-state index contributed by atoms with van der Waals surface area (Å²) in [6.07, 6.45) is 6.36. The molecule has 1 saturated heterocycles. The van der Waals surface area contributed by atoms with Crippen molar-refractivity contribution in [3.05, 3.63) is 48.0 Å². The third-order valence-electron chi connectivity index (χ3n) is 4.33. The Kier molecular flexibility index (Phi) is 5.28. The highest BCUT2D eigenvalue weighted by atomic mass is 19.1. The highest BCUT2D eigenvalue weighted by Gasteiger charge is 2.21. The topological polar surface area (TPSA) is 30.3 Å². The fourth-order valence-electron chi connectivity index (χ4n) is 3.12. The number of aryl methyl sites for hydroxylation is 1. The molecule has 4 nitrogen and oxygen atoms in total. The SMILES string of the molecule is CCn1cc(CN2CCC[C@@H](COc3ccccc3F)C2)cn1. The van der Waals surface area contributed by atoms with Crippen LogP contribution in [0, 0.1) is 11.7 Å². The fraction of sp³-hybridized carbons (Fsp3) is 0.500. The molecule has 1 aliphatic rings. The molecule has 0 N–H and O–H groups in total. The molecule has 124 valence electrons. The standard InChI is InChI=1S/C18H24FN3O/c1-2-22-13-16(10-20-22)12-21-9-5-6-15(11-21)14-23-18-8-4-3-7-17(18)19/h3-4,7-8,10,13,15H,2,5-6,9,11-12,14H2,1H3/t15-/m1/s1. The van der Waals surface area contributed by atoms with Gasteiger partial charge in [-0.05, 0) is 38.4 Å². The average Bonchev–Trinajstić information content (AvgIpc) is 3.02. The Hall–Kier alpha value is -1.88. The molecular weight excluding hydrogens is 293 g/mol. The van der Waals surface area contributed by atoms with Crippen LogP contribution >= 0.6 is 0 Å². The van der Waals surface area contributed by atoms with E-state index in [9.17, 15) is 4.39 Å². The van der Waals surface area contributed by atoms with Crippen LogP contribution in [-0.2, 0) is 13.1 Å². The van der Waals surface area contributed by atoms with Crippen molar-refractivity contribution in [1.82, 2.24) is 14.7 Å². The molecule has 1 atom stereocenters. The maximum Gasteiger partial charge on any atom is 0.165 e. The lowest BCUT2D eigenvalue weighted by Crippen LogP contribution is -2.37. The second-order valence-electron chi connectivity index (χ2n) is 6.19. The second kappa shape index (κ2) is 7.59. The van der Waals surface area contributed by atoms with E-state index in [1.54, 1.807) is 18.2 Å². The van der Waals surface area contributed by atoms with Gasteiger partial charge in [-0.15, -0.1) is 0 Å². The number of rotatable bonds is 6. The fourth-order valence-corrected chi connectivity index (χ4v) is 3.12. The molecule has 1 aromatic carbocycles. The van der Waals surface area contributed by atoms with E-state index in [2.05, 4.69) is 23.1 Å². The minimum Gasteiger partial charge on any atom is -0.490 e. The summed E-state index contributed by atoms with van der Waals surface area (Å²) in [7, 11) is 0. The van der Waals surface area contributed by atoms with Crippen LogP contribution in [0.4, 0.5) is 4.39 Å². The van der Waals surface area contributed by atoms with E-state index in [1.165, 1.54) is 11.6 Å². The van der Waals surface area contributed by atoms with Crippen LogP contribution < -0.4 is 4.74 Å². The number of likely N-dealkylation sites (tertiary alicyclic amines) is 1. The predicted molar refractivity (Wildman–Crippen MR) is 87.8 cm³/mol. The first-order valence-electron chi connectivity index (χ1n) is 8.35. The summed E-state index contributed by atoms with van der Waals surface area (Å²) < 4.78 is 21.2. The highest BCUT2D eigenvalue weighted by molar-refractivity contribution is 5.23. The summed E-state index contributed by atoms with van der Waals surface area (Å²) in [6.45, 7) is 6.59. The smallest absolute Gasteiger partial charge is 0.165 e. The quantitative estimate of drug-likeness (QED) is 0.818. The van der Waals surface area contributed by atoms with Crippen molar-refractivity contribution in [2.24, 2.45) is 5.92 Å². The highest BCUT2D eigenvalue weighted by Crippen LogP contribution is 2.21. The van der Waals surface area contributed by atoms with Gasteiger partial charge in [0.1, 0.15) is 0 Å². The van der Waals surface area contributed by atoms with Crippen LogP contribution in [0.3, 0.4) is 0 Å². The van der Waals surface area contributed by atoms with Gasteiger partial charge in [0.05, 0.1) is 12.8 Å². The zero-order valence-electron chi connectivity index (χ0n) is 13.6. The number of halogens is 1. The molecule has 0 aliphatic carbocycles.